The van der Waals surface area contributed by atoms with E-state index >= 15 is 0 Å². The smallest absolute Gasteiger partial charge is 0.134 e. The minimum absolute atomic E-state index is 0.191. The summed E-state index contributed by atoms with van der Waals surface area (Å²) in [5.74, 6) is 1.20. The van der Waals surface area contributed by atoms with Crippen molar-refractivity contribution in [3.8, 4) is 0 Å². The molecule has 3 rings (SSSR count). The van der Waals surface area contributed by atoms with Gasteiger partial charge in [0.05, 0.1) is 16.3 Å². The van der Waals surface area contributed by atoms with Crippen molar-refractivity contribution >= 4 is 40.5 Å². The fourth-order valence-corrected chi connectivity index (χ4v) is 3.59. The fraction of sp³-hybridized carbons (Fsp3) is 0.0909. The van der Waals surface area contributed by atoms with Crippen molar-refractivity contribution in [2.24, 2.45) is 4.99 Å². The monoisotopic (exact) mass is 417 g/mol. The predicted octanol–water partition coefficient (Wildman–Crippen LogP) is 7.24. The average molecular weight is 418 g/mol. The summed E-state index contributed by atoms with van der Waals surface area (Å²) in [6, 6.07) is 14.8. The van der Waals surface area contributed by atoms with Gasteiger partial charge in [0.25, 0.3) is 0 Å². The van der Waals surface area contributed by atoms with Gasteiger partial charge >= 0.3 is 0 Å². The lowest BCUT2D eigenvalue weighted by Gasteiger charge is -2.08. The van der Waals surface area contributed by atoms with E-state index in [2.05, 4.69) is 10.9 Å². The quantitative estimate of drug-likeness (QED) is 0.314. The predicted molar refractivity (Wildman–Crippen MR) is 110 cm³/mol. The number of rotatable bonds is 5. The fourth-order valence-electron chi connectivity index (χ4n) is 2.46. The molecular weight excluding hydrogens is 403 g/mol. The van der Waals surface area contributed by atoms with Gasteiger partial charge in [-0.15, -0.1) is 11.8 Å². The van der Waals surface area contributed by atoms with E-state index in [0.717, 1.165) is 10.5 Å². The number of hydrogen-bond donors (Lipinski definition) is 0. The third-order valence-electron chi connectivity index (χ3n) is 3.88. The Balaban J connectivity index is 2.00. The summed E-state index contributed by atoms with van der Waals surface area (Å²) < 4.78 is 41.7. The summed E-state index contributed by atoms with van der Waals surface area (Å²) in [6.07, 6.45) is 0. The highest BCUT2D eigenvalue weighted by atomic mass is 35.5. The van der Waals surface area contributed by atoms with Crippen molar-refractivity contribution in [2.75, 3.05) is 5.75 Å². The molecule has 1 nitrogen and oxygen atoms in total. The van der Waals surface area contributed by atoms with Gasteiger partial charge in [0, 0.05) is 16.2 Å². The molecule has 0 bridgehead atoms. The Labute approximate surface area is 170 Å². The van der Waals surface area contributed by atoms with E-state index in [0.29, 0.717) is 10.7 Å². The minimum Gasteiger partial charge on any atom is -0.207 e. The summed E-state index contributed by atoms with van der Waals surface area (Å²) in [7, 11) is 0. The molecule has 0 aliphatic carbocycles. The number of thioether (sulfide) groups is 1. The molecule has 0 radical (unpaired) electrons. The maximum Gasteiger partial charge on any atom is 0.134 e. The molecule has 142 valence electrons. The molecule has 28 heavy (non-hydrogen) atoms. The van der Waals surface area contributed by atoms with Crippen molar-refractivity contribution < 1.29 is 13.2 Å². The van der Waals surface area contributed by atoms with E-state index in [4.69, 9.17) is 11.6 Å². The second kappa shape index (κ2) is 9.16. The van der Waals surface area contributed by atoms with Gasteiger partial charge in [-0.05, 0) is 66.9 Å². The zero-order valence-electron chi connectivity index (χ0n) is 14.8. The Morgan fingerprint density at radius 2 is 1.68 bits per heavy atom. The second-order valence-electron chi connectivity index (χ2n) is 6.00. The van der Waals surface area contributed by atoms with Gasteiger partial charge in [0.15, 0.2) is 0 Å². The molecule has 0 saturated carbocycles. The number of hydrogen-bond acceptors (Lipinski definition) is 2. The minimum atomic E-state index is -0.701. The van der Waals surface area contributed by atoms with Crippen molar-refractivity contribution in [3.05, 3.63) is 94.3 Å². The average Bonchev–Trinajstić information content (AvgIpc) is 2.65. The molecule has 0 fully saturated rings. The molecule has 3 aromatic carbocycles. The topological polar surface area (TPSA) is 12.4 Å². The number of benzene rings is 3. The third kappa shape index (κ3) is 5.08. The van der Waals surface area contributed by atoms with Crippen LogP contribution in [0.15, 0.2) is 70.6 Å². The highest BCUT2D eigenvalue weighted by Gasteiger charge is 2.14. The zero-order chi connectivity index (χ0) is 20.1. The summed E-state index contributed by atoms with van der Waals surface area (Å²) in [6.45, 7) is 1.90. The summed E-state index contributed by atoms with van der Waals surface area (Å²) >= 11 is 7.48. The van der Waals surface area contributed by atoms with Crippen LogP contribution in [0.25, 0.3) is 5.57 Å². The van der Waals surface area contributed by atoms with Gasteiger partial charge < -0.3 is 0 Å². The van der Waals surface area contributed by atoms with Gasteiger partial charge in [0.2, 0.25) is 0 Å². The van der Waals surface area contributed by atoms with Crippen LogP contribution < -0.4 is 0 Å². The normalized spacial score (nSPS) is 10.5. The molecule has 0 spiro atoms. The molecule has 0 unspecified atom stereocenters. The molecule has 0 aromatic heterocycles. The van der Waals surface area contributed by atoms with Gasteiger partial charge in [-0.25, -0.2) is 18.2 Å². The maximum absolute atomic E-state index is 14.3. The van der Waals surface area contributed by atoms with E-state index in [-0.39, 0.29) is 22.7 Å². The molecule has 6 heteroatoms. The molecule has 0 amide bonds. The van der Waals surface area contributed by atoms with Crippen LogP contribution in [0.4, 0.5) is 18.9 Å². The van der Waals surface area contributed by atoms with Crippen molar-refractivity contribution in [3.63, 3.8) is 0 Å². The zero-order valence-corrected chi connectivity index (χ0v) is 16.4. The van der Waals surface area contributed by atoms with Crippen LogP contribution >= 0.6 is 23.4 Å². The molecule has 3 aromatic rings. The van der Waals surface area contributed by atoms with Crippen molar-refractivity contribution in [1.29, 1.82) is 0 Å². The second-order valence-corrected chi connectivity index (χ2v) is 7.45. The van der Waals surface area contributed by atoms with Gasteiger partial charge in [-0.2, -0.15) is 0 Å². The molecule has 0 aliphatic heterocycles. The van der Waals surface area contributed by atoms with Crippen LogP contribution in [0.1, 0.15) is 11.1 Å². The van der Waals surface area contributed by atoms with Crippen molar-refractivity contribution in [2.45, 2.75) is 11.8 Å². The largest absolute Gasteiger partial charge is 0.207 e. The SMILES string of the molecule is Cc1ccc(N=C=C(CSc2ccc(F)cc2)c2c(F)cccc2F)c(Cl)c1. The van der Waals surface area contributed by atoms with Crippen LogP contribution in [0.3, 0.4) is 0 Å². The van der Waals surface area contributed by atoms with Gasteiger partial charge in [0.1, 0.15) is 17.5 Å². The first-order chi connectivity index (χ1) is 13.4. The first-order valence-electron chi connectivity index (χ1n) is 8.35. The van der Waals surface area contributed by atoms with E-state index in [9.17, 15) is 13.2 Å². The Kier molecular flexibility index (Phi) is 6.63. The molecular formula is C22H15ClF3NS. The van der Waals surface area contributed by atoms with Crippen molar-refractivity contribution in [1.82, 2.24) is 0 Å². The number of halogens is 4. The summed E-state index contributed by atoms with van der Waals surface area (Å²) in [4.78, 5) is 4.96. The Bertz CT molecular complexity index is 1040. The molecule has 0 aliphatic rings. The van der Waals surface area contributed by atoms with E-state index in [1.165, 1.54) is 42.1 Å². The maximum atomic E-state index is 14.3. The first kappa shape index (κ1) is 20.3. The van der Waals surface area contributed by atoms with Crippen LogP contribution in [0.5, 0.6) is 0 Å². The van der Waals surface area contributed by atoms with Crippen LogP contribution in [-0.2, 0) is 0 Å². The highest BCUT2D eigenvalue weighted by Crippen LogP contribution is 2.29. The lowest BCUT2D eigenvalue weighted by molar-refractivity contribution is 0.577. The van der Waals surface area contributed by atoms with Crippen LogP contribution in [0, 0.1) is 24.4 Å². The Morgan fingerprint density at radius 1 is 1.00 bits per heavy atom. The molecule has 0 atom stereocenters. The Morgan fingerprint density at radius 3 is 2.32 bits per heavy atom. The van der Waals surface area contributed by atoms with E-state index in [1.54, 1.807) is 24.3 Å². The first-order valence-corrected chi connectivity index (χ1v) is 9.72. The lowest BCUT2D eigenvalue weighted by Crippen LogP contribution is -1.98. The van der Waals surface area contributed by atoms with E-state index in [1.807, 2.05) is 13.0 Å². The third-order valence-corrected chi connectivity index (χ3v) is 5.22. The Hall–Kier alpha value is -2.46. The van der Waals surface area contributed by atoms with Crippen LogP contribution in [0.2, 0.25) is 5.02 Å². The summed E-state index contributed by atoms with van der Waals surface area (Å²) in [5.41, 5.74) is 1.47. The van der Waals surface area contributed by atoms with Gasteiger partial charge in [-0.3, -0.25) is 0 Å². The van der Waals surface area contributed by atoms with Gasteiger partial charge in [-0.1, -0.05) is 23.7 Å². The molecule has 0 N–H and O–H groups in total. The van der Waals surface area contributed by atoms with E-state index < -0.39 is 11.6 Å². The number of aryl methyl sites for hydroxylation is 1. The molecule has 0 saturated heterocycles. The van der Waals surface area contributed by atoms with Crippen LogP contribution in [-0.4, -0.2) is 11.6 Å². The summed E-state index contributed by atoms with van der Waals surface area (Å²) in [5, 5.41) is 0.423. The number of nitrogens with zero attached hydrogens (tertiary/aromatic N) is 1. The number of aliphatic imine (C=N–C) groups is 1. The highest BCUT2D eigenvalue weighted by molar-refractivity contribution is 7.99. The standard InChI is InChI=1S/C22H15ClF3NS/c1-14-5-10-21(18(23)11-14)27-12-15(22-19(25)3-2-4-20(22)26)13-28-17-8-6-16(24)7-9-17/h2-11H,13H2,1H3. The lowest BCUT2D eigenvalue weighted by atomic mass is 10.1. The molecule has 0 heterocycles.